The van der Waals surface area contributed by atoms with E-state index in [9.17, 15) is 4.79 Å². The summed E-state index contributed by atoms with van der Waals surface area (Å²) in [6, 6.07) is 8.55. The molecule has 2 unspecified atom stereocenters. The van der Waals surface area contributed by atoms with E-state index in [0.717, 1.165) is 82.3 Å². The second kappa shape index (κ2) is 17.6. The molecule has 1 aliphatic carbocycles. The van der Waals surface area contributed by atoms with E-state index in [2.05, 4.69) is 56.1 Å². The van der Waals surface area contributed by atoms with Gasteiger partial charge in [-0.05, 0) is 88.1 Å². The van der Waals surface area contributed by atoms with Crippen molar-refractivity contribution in [3.8, 4) is 0 Å². The highest BCUT2D eigenvalue weighted by Crippen LogP contribution is 2.42. The monoisotopic (exact) mass is 634 g/mol. The molecule has 0 radical (unpaired) electrons. The van der Waals surface area contributed by atoms with Gasteiger partial charge in [0.15, 0.2) is 26.0 Å². The zero-order chi connectivity index (χ0) is 30.7. The summed E-state index contributed by atoms with van der Waals surface area (Å²) in [6.07, 6.45) is 12.9. The Bertz CT molecular complexity index is 1000. The molecule has 242 valence electrons. The van der Waals surface area contributed by atoms with Gasteiger partial charge in [-0.2, -0.15) is 0 Å². The first-order chi connectivity index (χ1) is 20.7. The highest BCUT2D eigenvalue weighted by atomic mass is 32.2. The van der Waals surface area contributed by atoms with Gasteiger partial charge in [-0.1, -0.05) is 48.2 Å². The Morgan fingerprint density at radius 3 is 2.42 bits per heavy atom. The van der Waals surface area contributed by atoms with Crippen molar-refractivity contribution in [2.45, 2.75) is 122 Å². The molecule has 1 saturated carbocycles. The third-order valence-corrected chi connectivity index (χ3v) is 10.2. The van der Waals surface area contributed by atoms with Crippen LogP contribution in [0.5, 0.6) is 0 Å². The number of hydrogen-bond donors (Lipinski definition) is 0. The minimum atomic E-state index is -1.81. The van der Waals surface area contributed by atoms with Gasteiger partial charge in [0.05, 0.1) is 24.9 Å². The molecule has 2 aliphatic heterocycles. The highest BCUT2D eigenvalue weighted by molar-refractivity contribution is 8.13. The maximum Gasteiger partial charge on any atom is 0.185 e. The molecule has 3 aliphatic rings. The van der Waals surface area contributed by atoms with Gasteiger partial charge in [-0.25, -0.2) is 0 Å². The SMILES string of the molecule is COCc1cccc(C[C@@H](/C=C/[C@@H]2[C@@H](CCSC(C)=O)[C@@H](O[Si](C)(C)C)C[C@H]2OC2CCCCO2)OC2CCCCO2)c1. The molecule has 0 aromatic heterocycles. The summed E-state index contributed by atoms with van der Waals surface area (Å²) in [5.74, 6) is 1.17. The lowest BCUT2D eigenvalue weighted by molar-refractivity contribution is -0.193. The highest BCUT2D eigenvalue weighted by Gasteiger charge is 2.45. The zero-order valence-corrected chi connectivity index (χ0v) is 28.8. The Morgan fingerprint density at radius 2 is 1.77 bits per heavy atom. The number of methoxy groups -OCH3 is 1. The van der Waals surface area contributed by atoms with E-state index >= 15 is 0 Å². The number of hydrogen-bond acceptors (Lipinski definition) is 8. The molecule has 7 nitrogen and oxygen atoms in total. The van der Waals surface area contributed by atoms with E-state index in [-0.39, 0.29) is 47.8 Å². The fraction of sp³-hybridized carbons (Fsp3) is 0.735. The minimum absolute atomic E-state index is 0.00959. The largest absolute Gasteiger partial charge is 0.414 e. The van der Waals surface area contributed by atoms with Crippen molar-refractivity contribution in [1.29, 1.82) is 0 Å². The predicted octanol–water partition coefficient (Wildman–Crippen LogP) is 7.28. The predicted molar refractivity (Wildman–Crippen MR) is 174 cm³/mol. The van der Waals surface area contributed by atoms with Crippen molar-refractivity contribution in [3.05, 3.63) is 47.5 Å². The smallest absolute Gasteiger partial charge is 0.185 e. The third-order valence-electron chi connectivity index (χ3n) is 8.34. The molecule has 2 heterocycles. The van der Waals surface area contributed by atoms with Crippen LogP contribution in [0.2, 0.25) is 19.6 Å². The molecule has 3 fully saturated rings. The van der Waals surface area contributed by atoms with Crippen molar-refractivity contribution in [3.63, 3.8) is 0 Å². The Hall–Kier alpha value is -1.04. The summed E-state index contributed by atoms with van der Waals surface area (Å²) in [4.78, 5) is 11.8. The number of thioether (sulfide) groups is 1. The van der Waals surface area contributed by atoms with Crippen LogP contribution in [-0.4, -0.2) is 70.4 Å². The van der Waals surface area contributed by atoms with Crippen LogP contribution in [0.4, 0.5) is 0 Å². The molecule has 0 N–H and O–H groups in total. The first-order valence-electron chi connectivity index (χ1n) is 16.3. The van der Waals surface area contributed by atoms with Crippen LogP contribution in [-0.2, 0) is 45.9 Å². The van der Waals surface area contributed by atoms with Gasteiger partial charge in [0.1, 0.15) is 0 Å². The van der Waals surface area contributed by atoms with E-state index in [1.165, 1.54) is 17.3 Å². The van der Waals surface area contributed by atoms with Gasteiger partial charge in [0, 0.05) is 45.3 Å². The molecule has 0 spiro atoms. The van der Waals surface area contributed by atoms with E-state index in [4.69, 9.17) is 28.1 Å². The molecule has 43 heavy (non-hydrogen) atoms. The average Bonchev–Trinajstić information content (AvgIpc) is 3.26. The van der Waals surface area contributed by atoms with Crippen LogP contribution in [0.15, 0.2) is 36.4 Å². The summed E-state index contributed by atoms with van der Waals surface area (Å²) >= 11 is 1.41. The fourth-order valence-corrected chi connectivity index (χ4v) is 8.35. The first-order valence-corrected chi connectivity index (χ1v) is 20.7. The first kappa shape index (κ1) is 34.8. The molecule has 7 atom stereocenters. The van der Waals surface area contributed by atoms with E-state index in [1.54, 1.807) is 14.0 Å². The van der Waals surface area contributed by atoms with Gasteiger partial charge in [-0.3, -0.25) is 4.79 Å². The normalized spacial score (nSPS) is 29.2. The van der Waals surface area contributed by atoms with Crippen molar-refractivity contribution in [2.24, 2.45) is 11.8 Å². The van der Waals surface area contributed by atoms with Gasteiger partial charge >= 0.3 is 0 Å². The number of rotatable bonds is 15. The van der Waals surface area contributed by atoms with Crippen molar-refractivity contribution in [1.82, 2.24) is 0 Å². The van der Waals surface area contributed by atoms with Gasteiger partial charge in [-0.15, -0.1) is 0 Å². The molecule has 0 amide bonds. The summed E-state index contributed by atoms with van der Waals surface area (Å²) in [5, 5.41) is 0.160. The van der Waals surface area contributed by atoms with Crippen LogP contribution in [0.1, 0.15) is 69.4 Å². The lowest BCUT2D eigenvalue weighted by Gasteiger charge is -2.31. The van der Waals surface area contributed by atoms with Crippen LogP contribution in [0.3, 0.4) is 0 Å². The second-order valence-electron chi connectivity index (χ2n) is 13.2. The molecule has 9 heteroatoms. The molecular formula is C34H54O7SSi. The summed E-state index contributed by atoms with van der Waals surface area (Å²) < 4.78 is 37.6. The van der Waals surface area contributed by atoms with Crippen LogP contribution in [0.25, 0.3) is 0 Å². The van der Waals surface area contributed by atoms with Gasteiger partial charge < -0.3 is 28.1 Å². The van der Waals surface area contributed by atoms with Crippen LogP contribution in [0, 0.1) is 11.8 Å². The number of carbonyl (C=O) groups excluding carboxylic acids is 1. The molecule has 1 aromatic carbocycles. The molecule has 1 aromatic rings. The Balaban J connectivity index is 1.59. The summed E-state index contributed by atoms with van der Waals surface area (Å²) in [5.41, 5.74) is 2.37. The van der Waals surface area contributed by atoms with Crippen molar-refractivity contribution in [2.75, 3.05) is 26.1 Å². The molecular weight excluding hydrogens is 581 g/mol. The lowest BCUT2D eigenvalue weighted by Crippen LogP contribution is -2.35. The maximum atomic E-state index is 11.8. The fourth-order valence-electron chi connectivity index (χ4n) is 6.49. The topological polar surface area (TPSA) is 72.5 Å². The second-order valence-corrected chi connectivity index (χ2v) is 18.9. The van der Waals surface area contributed by atoms with E-state index in [0.29, 0.717) is 6.61 Å². The molecule has 2 saturated heterocycles. The minimum Gasteiger partial charge on any atom is -0.414 e. The molecule has 4 rings (SSSR count). The average molecular weight is 635 g/mol. The maximum absolute atomic E-state index is 11.8. The lowest BCUT2D eigenvalue weighted by atomic mass is 9.90. The van der Waals surface area contributed by atoms with E-state index < -0.39 is 8.32 Å². The number of ether oxygens (including phenoxy) is 5. The quantitative estimate of drug-likeness (QED) is 0.147. The van der Waals surface area contributed by atoms with Crippen molar-refractivity contribution < 1.29 is 32.9 Å². The zero-order valence-electron chi connectivity index (χ0n) is 27.0. The Labute approximate surface area is 264 Å². The van der Waals surface area contributed by atoms with Gasteiger partial charge in [0.25, 0.3) is 0 Å². The summed E-state index contributed by atoms with van der Waals surface area (Å²) in [7, 11) is -0.0834. The van der Waals surface area contributed by atoms with Gasteiger partial charge in [0.2, 0.25) is 0 Å². The van der Waals surface area contributed by atoms with Crippen molar-refractivity contribution >= 4 is 25.2 Å². The Kier molecular flexibility index (Phi) is 14.3. The number of benzene rings is 1. The summed E-state index contributed by atoms with van der Waals surface area (Å²) in [6.45, 7) is 10.5. The molecule has 0 bridgehead atoms. The number of carbonyl (C=O) groups is 1. The third kappa shape index (κ3) is 12.0. The van der Waals surface area contributed by atoms with Crippen LogP contribution < -0.4 is 0 Å². The Morgan fingerprint density at radius 1 is 1.05 bits per heavy atom. The standard InChI is InChI=1S/C34H54O7SSi/c1-25(35)42-20-17-30-29(31(23-32(30)41-43(3,4)5)40-34-14-7-9-19-38-34)16-15-28(39-33-13-6-8-18-37-33)22-26-11-10-12-27(21-26)24-36-2/h10-12,15-16,21,28-34H,6-9,13-14,17-20,22-24H2,1-5H3/b16-15+/t28-,29-,30-,31-,32+,33?,34?/m1/s1. The van der Waals surface area contributed by atoms with Crippen LogP contribution >= 0.6 is 11.8 Å². The van der Waals surface area contributed by atoms with E-state index in [1.807, 2.05) is 0 Å².